The summed E-state index contributed by atoms with van der Waals surface area (Å²) in [7, 11) is 1.29. The Labute approximate surface area is 192 Å². The quantitative estimate of drug-likeness (QED) is 0.465. The molecule has 3 rings (SSSR count). The summed E-state index contributed by atoms with van der Waals surface area (Å²) in [6.45, 7) is 1.74. The van der Waals surface area contributed by atoms with Crippen molar-refractivity contribution in [1.82, 2.24) is 15.0 Å². The minimum atomic E-state index is -3.36. The summed E-state index contributed by atoms with van der Waals surface area (Å²) in [6.07, 6.45) is 0.339. The molecule has 0 fully saturated rings. The first-order chi connectivity index (χ1) is 15.6. The average Bonchev–Trinajstić information content (AvgIpc) is 3.26. The number of aromatic nitrogens is 2. The van der Waals surface area contributed by atoms with E-state index in [0.29, 0.717) is 23.0 Å². The van der Waals surface area contributed by atoms with Crippen molar-refractivity contribution in [3.8, 4) is 22.9 Å². The van der Waals surface area contributed by atoms with Crippen molar-refractivity contribution in [2.24, 2.45) is 0 Å². The standard InChI is InChI=1S/C22H26N4O6S/c1-15(31-18-11-9-17(10-12-18)26(3)33(5,28)29)22(27)25(2)14-20-23-21(24-32-20)16-7-6-8-19(13-16)30-4/h6-13,15H,14H2,1-5H3. The van der Waals surface area contributed by atoms with Crippen LogP contribution in [-0.2, 0) is 21.4 Å². The first-order valence-corrected chi connectivity index (χ1v) is 11.9. The van der Waals surface area contributed by atoms with E-state index in [4.69, 9.17) is 14.0 Å². The normalized spacial score (nSPS) is 12.2. The van der Waals surface area contributed by atoms with Crippen molar-refractivity contribution < 1.29 is 27.2 Å². The van der Waals surface area contributed by atoms with E-state index in [1.807, 2.05) is 18.2 Å². The van der Waals surface area contributed by atoms with Crippen molar-refractivity contribution in [3.05, 3.63) is 54.4 Å². The highest BCUT2D eigenvalue weighted by Crippen LogP contribution is 2.23. The van der Waals surface area contributed by atoms with Crippen molar-refractivity contribution in [2.75, 3.05) is 31.8 Å². The molecule has 0 spiro atoms. The fourth-order valence-corrected chi connectivity index (χ4v) is 3.47. The van der Waals surface area contributed by atoms with Crippen LogP contribution >= 0.6 is 0 Å². The van der Waals surface area contributed by atoms with Crippen LogP contribution in [0, 0.1) is 0 Å². The van der Waals surface area contributed by atoms with E-state index < -0.39 is 16.1 Å². The van der Waals surface area contributed by atoms with Crippen LogP contribution in [0.1, 0.15) is 12.8 Å². The summed E-state index contributed by atoms with van der Waals surface area (Å²) in [5.41, 5.74) is 1.23. The Hall–Kier alpha value is -3.60. The van der Waals surface area contributed by atoms with Gasteiger partial charge in [-0.25, -0.2) is 8.42 Å². The second-order valence-electron chi connectivity index (χ2n) is 7.42. The van der Waals surface area contributed by atoms with Gasteiger partial charge in [0.2, 0.25) is 21.7 Å². The van der Waals surface area contributed by atoms with Gasteiger partial charge in [-0.1, -0.05) is 17.3 Å². The Kier molecular flexibility index (Phi) is 7.22. The number of carbonyl (C=O) groups excluding carboxylic acids is 1. The van der Waals surface area contributed by atoms with Gasteiger partial charge in [-0.2, -0.15) is 4.98 Å². The lowest BCUT2D eigenvalue weighted by Gasteiger charge is -2.21. The molecule has 1 heterocycles. The summed E-state index contributed by atoms with van der Waals surface area (Å²) in [5.74, 6) is 1.51. The highest BCUT2D eigenvalue weighted by molar-refractivity contribution is 7.92. The van der Waals surface area contributed by atoms with E-state index in [1.54, 1.807) is 51.4 Å². The maximum atomic E-state index is 12.7. The third-order valence-electron chi connectivity index (χ3n) is 4.90. The molecule has 0 N–H and O–H groups in total. The molecule has 0 aliphatic carbocycles. The molecule has 0 bridgehead atoms. The summed E-state index contributed by atoms with van der Waals surface area (Å²) in [6, 6.07) is 13.7. The topological polar surface area (TPSA) is 115 Å². The molecule has 0 aliphatic rings. The number of ether oxygens (including phenoxy) is 2. The molecule has 1 amide bonds. The van der Waals surface area contributed by atoms with Gasteiger partial charge in [0, 0.05) is 19.7 Å². The minimum Gasteiger partial charge on any atom is -0.497 e. The molecule has 11 heteroatoms. The van der Waals surface area contributed by atoms with Gasteiger partial charge in [0.05, 0.1) is 25.6 Å². The molecular weight excluding hydrogens is 448 g/mol. The predicted octanol–water partition coefficient (Wildman–Crippen LogP) is 2.57. The first kappa shape index (κ1) is 24.1. The number of carbonyl (C=O) groups is 1. The third kappa shape index (κ3) is 6.01. The minimum absolute atomic E-state index is 0.113. The number of likely N-dealkylation sites (N-methyl/N-ethyl adjacent to an activating group) is 1. The van der Waals surface area contributed by atoms with Crippen LogP contribution in [-0.4, -0.2) is 62.9 Å². The van der Waals surface area contributed by atoms with Gasteiger partial charge in [-0.3, -0.25) is 9.10 Å². The molecule has 0 saturated carbocycles. The van der Waals surface area contributed by atoms with Crippen molar-refractivity contribution in [1.29, 1.82) is 0 Å². The maximum absolute atomic E-state index is 12.7. The Morgan fingerprint density at radius 1 is 1.12 bits per heavy atom. The van der Waals surface area contributed by atoms with Crippen LogP contribution in [0.2, 0.25) is 0 Å². The fourth-order valence-electron chi connectivity index (χ4n) is 2.97. The van der Waals surface area contributed by atoms with Crippen molar-refractivity contribution in [2.45, 2.75) is 19.6 Å². The Morgan fingerprint density at radius 3 is 2.45 bits per heavy atom. The number of hydrogen-bond donors (Lipinski definition) is 0. The number of benzene rings is 2. The van der Waals surface area contributed by atoms with Gasteiger partial charge >= 0.3 is 0 Å². The number of hydrogen-bond acceptors (Lipinski definition) is 8. The maximum Gasteiger partial charge on any atom is 0.263 e. The molecule has 1 aromatic heterocycles. The summed E-state index contributed by atoms with van der Waals surface area (Å²) >= 11 is 0. The van der Waals surface area contributed by atoms with Crippen LogP contribution in [0.3, 0.4) is 0 Å². The van der Waals surface area contributed by atoms with Crippen LogP contribution in [0.4, 0.5) is 5.69 Å². The molecule has 176 valence electrons. The lowest BCUT2D eigenvalue weighted by Crippen LogP contribution is -2.37. The van der Waals surface area contributed by atoms with Crippen LogP contribution < -0.4 is 13.8 Å². The number of sulfonamides is 1. The SMILES string of the molecule is COc1cccc(-c2noc(CN(C)C(=O)C(C)Oc3ccc(N(C)S(C)(=O)=O)cc3)n2)c1. The number of anilines is 1. The third-order valence-corrected chi connectivity index (χ3v) is 6.11. The van der Waals surface area contributed by atoms with Crippen molar-refractivity contribution >= 4 is 21.6 Å². The number of methoxy groups -OCH3 is 1. The van der Waals surface area contributed by atoms with Crippen LogP contribution in [0.25, 0.3) is 11.4 Å². The molecule has 33 heavy (non-hydrogen) atoms. The Bertz CT molecular complexity index is 1210. The molecular formula is C22H26N4O6S. The molecule has 10 nitrogen and oxygen atoms in total. The van der Waals surface area contributed by atoms with Gasteiger partial charge in [0.15, 0.2) is 6.10 Å². The van der Waals surface area contributed by atoms with Gasteiger partial charge in [-0.15, -0.1) is 0 Å². The second-order valence-corrected chi connectivity index (χ2v) is 9.44. The summed E-state index contributed by atoms with van der Waals surface area (Å²) in [4.78, 5) is 18.5. The number of nitrogens with zero attached hydrogens (tertiary/aromatic N) is 4. The number of rotatable bonds is 9. The highest BCUT2D eigenvalue weighted by atomic mass is 32.2. The first-order valence-electron chi connectivity index (χ1n) is 10.0. The van der Waals surface area contributed by atoms with Crippen LogP contribution in [0.5, 0.6) is 11.5 Å². The molecule has 1 unspecified atom stereocenters. The monoisotopic (exact) mass is 474 g/mol. The summed E-state index contributed by atoms with van der Waals surface area (Å²) < 4.78 is 40.6. The second kappa shape index (κ2) is 9.90. The molecule has 3 aromatic rings. The van der Waals surface area contributed by atoms with Gasteiger partial charge < -0.3 is 18.9 Å². The predicted molar refractivity (Wildman–Crippen MR) is 123 cm³/mol. The zero-order valence-electron chi connectivity index (χ0n) is 19.0. The van der Waals surface area contributed by atoms with E-state index in [-0.39, 0.29) is 18.3 Å². The average molecular weight is 475 g/mol. The van der Waals surface area contributed by atoms with Crippen LogP contribution in [0.15, 0.2) is 53.1 Å². The molecule has 0 radical (unpaired) electrons. The van der Waals surface area contributed by atoms with Crippen molar-refractivity contribution in [3.63, 3.8) is 0 Å². The lowest BCUT2D eigenvalue weighted by molar-refractivity contribution is -0.137. The van der Waals surface area contributed by atoms with Gasteiger partial charge in [0.1, 0.15) is 11.5 Å². The van der Waals surface area contributed by atoms with E-state index in [2.05, 4.69) is 10.1 Å². The Morgan fingerprint density at radius 2 is 1.82 bits per heavy atom. The van der Waals surface area contributed by atoms with E-state index >= 15 is 0 Å². The lowest BCUT2D eigenvalue weighted by atomic mass is 10.2. The van der Waals surface area contributed by atoms with E-state index in [9.17, 15) is 13.2 Å². The molecule has 0 saturated heterocycles. The largest absolute Gasteiger partial charge is 0.497 e. The van der Waals surface area contributed by atoms with Gasteiger partial charge in [-0.05, 0) is 43.3 Å². The fraction of sp³-hybridized carbons (Fsp3) is 0.318. The number of amides is 1. The van der Waals surface area contributed by atoms with E-state index in [1.165, 1.54) is 11.9 Å². The smallest absolute Gasteiger partial charge is 0.263 e. The zero-order chi connectivity index (χ0) is 24.2. The van der Waals surface area contributed by atoms with E-state index in [0.717, 1.165) is 16.1 Å². The molecule has 0 aliphatic heterocycles. The molecule has 2 aromatic carbocycles. The summed E-state index contributed by atoms with van der Waals surface area (Å²) in [5, 5.41) is 3.97. The zero-order valence-corrected chi connectivity index (χ0v) is 19.9. The van der Waals surface area contributed by atoms with Gasteiger partial charge in [0.25, 0.3) is 5.91 Å². The molecule has 1 atom stereocenters. The Balaban J connectivity index is 1.60. The highest BCUT2D eigenvalue weighted by Gasteiger charge is 2.22.